The first-order valence-electron chi connectivity index (χ1n) is 16.5. The number of amides is 1. The van der Waals surface area contributed by atoms with Gasteiger partial charge in [0.05, 0.1) is 49.1 Å². The maximum Gasteiger partial charge on any atom is 0.254 e. The van der Waals surface area contributed by atoms with E-state index in [4.69, 9.17) is 53.3 Å². The van der Waals surface area contributed by atoms with E-state index in [1.54, 1.807) is 0 Å². The van der Waals surface area contributed by atoms with Crippen LogP contribution in [0.1, 0.15) is 32.1 Å². The second kappa shape index (κ2) is 17.1. The molecule has 21 nitrogen and oxygen atoms in total. The SMILES string of the molecule is NCCCC(O)CNC[C@H]1O[C@H](O[C@H]2[C@H](O)[C@@H](O[C@H]3O[C@H](CO)[C@@H](O)[C@H](N)[C@H]3O)[C@H](NC(=O)C3(O)CC3N=C(N)N)C[C@@H]2N)[C@H](N)C[C@@H]1O. The highest BCUT2D eigenvalue weighted by molar-refractivity contribution is 5.90. The summed E-state index contributed by atoms with van der Waals surface area (Å²) in [7, 11) is 0. The number of hydrogen-bond acceptors (Lipinski definition) is 18. The largest absolute Gasteiger partial charge is 0.394 e. The number of hydrogen-bond donors (Lipinski definition) is 15. The van der Waals surface area contributed by atoms with Crippen LogP contribution in [0.3, 0.4) is 0 Å². The van der Waals surface area contributed by atoms with Gasteiger partial charge in [0, 0.05) is 25.6 Å². The zero-order valence-corrected chi connectivity index (χ0v) is 27.2. The quantitative estimate of drug-likeness (QED) is 0.0554. The Bertz CT molecular complexity index is 1110. The predicted molar refractivity (Wildman–Crippen MR) is 170 cm³/mol. The molecule has 4 rings (SSSR count). The van der Waals surface area contributed by atoms with E-state index >= 15 is 0 Å². The van der Waals surface area contributed by atoms with Crippen molar-refractivity contribution in [2.24, 2.45) is 39.4 Å². The molecule has 0 aromatic rings. The fourth-order valence-electron chi connectivity index (χ4n) is 6.45. The molecule has 4 aliphatic rings. The van der Waals surface area contributed by atoms with Gasteiger partial charge in [0.1, 0.15) is 36.6 Å². The van der Waals surface area contributed by atoms with Crippen LogP contribution in [0, 0.1) is 0 Å². The molecule has 2 saturated carbocycles. The lowest BCUT2D eigenvalue weighted by Gasteiger charge is -2.48. The number of nitrogens with two attached hydrogens (primary N) is 6. The van der Waals surface area contributed by atoms with Gasteiger partial charge in [-0.05, 0) is 32.2 Å². The second-order valence-electron chi connectivity index (χ2n) is 13.4. The second-order valence-corrected chi connectivity index (χ2v) is 13.4. The fourth-order valence-corrected chi connectivity index (χ4v) is 6.45. The summed E-state index contributed by atoms with van der Waals surface area (Å²) < 4.78 is 23.7. The van der Waals surface area contributed by atoms with Gasteiger partial charge in [-0.15, -0.1) is 0 Å². The van der Waals surface area contributed by atoms with Crippen LogP contribution in [0.5, 0.6) is 0 Å². The van der Waals surface area contributed by atoms with Gasteiger partial charge in [-0.25, -0.2) is 4.99 Å². The molecule has 0 aromatic heterocycles. The summed E-state index contributed by atoms with van der Waals surface area (Å²) in [5, 5.41) is 79.6. The van der Waals surface area contributed by atoms with Crippen LogP contribution >= 0.6 is 0 Å². The van der Waals surface area contributed by atoms with Crippen LogP contribution in [0.15, 0.2) is 4.99 Å². The molecule has 21 N–H and O–H groups in total. The number of carbonyl (C=O) groups is 1. The highest BCUT2D eigenvalue weighted by Gasteiger charge is 2.61. The number of carbonyl (C=O) groups excluding carboxylic acids is 1. The molecule has 0 radical (unpaired) electrons. The first-order valence-corrected chi connectivity index (χ1v) is 16.5. The summed E-state index contributed by atoms with van der Waals surface area (Å²) in [5.74, 6) is -1.19. The molecule has 2 aliphatic heterocycles. The molecule has 1 amide bonds. The normalized spacial score (nSPS) is 44.6. The summed E-state index contributed by atoms with van der Waals surface area (Å²) in [6, 6.07) is -5.15. The lowest BCUT2D eigenvalue weighted by Crippen LogP contribution is -2.69. The zero-order chi connectivity index (χ0) is 36.2. The van der Waals surface area contributed by atoms with Gasteiger partial charge < -0.3 is 99.7 Å². The van der Waals surface area contributed by atoms with Gasteiger partial charge >= 0.3 is 0 Å². The maximum atomic E-state index is 13.2. The maximum absolute atomic E-state index is 13.2. The highest BCUT2D eigenvalue weighted by Crippen LogP contribution is 2.40. The predicted octanol–water partition coefficient (Wildman–Crippen LogP) is -8.63. The van der Waals surface area contributed by atoms with E-state index < -0.39 is 116 Å². The molecular weight excluding hydrogens is 654 g/mol. The molecule has 284 valence electrons. The molecule has 2 aliphatic carbocycles. The van der Waals surface area contributed by atoms with Crippen LogP contribution < -0.4 is 45.0 Å². The van der Waals surface area contributed by atoms with Crippen LogP contribution in [0.25, 0.3) is 0 Å². The standard InChI is InChI=1S/C28H55N9O12/c29-3-1-2-10(39)7-35-8-15-14(40)5-12(31)24(46-15)48-22-11(30)4-13(36-26(44)28(45)6-17(28)37-27(33)34)23(21(22)43)49-25-20(42)18(32)19(41)16(9-38)47-25/h10-25,35,38-43,45H,1-9,29-32H2,(H,36,44)(H4,33,34,37)/t10?,11-,12+,13+,14-,15+,16+,17?,18-,19+,20+,21-,22+,23-,24+,25+,28?/m0/s1. The Kier molecular flexibility index (Phi) is 13.9. The zero-order valence-electron chi connectivity index (χ0n) is 27.2. The number of guanidine groups is 1. The number of nitrogens with zero attached hydrogens (tertiary/aromatic N) is 1. The van der Waals surface area contributed by atoms with Crippen molar-refractivity contribution in [3.05, 3.63) is 0 Å². The Morgan fingerprint density at radius 2 is 1.63 bits per heavy atom. The van der Waals surface area contributed by atoms with E-state index in [2.05, 4.69) is 15.6 Å². The van der Waals surface area contributed by atoms with Gasteiger partial charge in [-0.2, -0.15) is 0 Å². The lowest BCUT2D eigenvalue weighted by atomic mass is 9.83. The van der Waals surface area contributed by atoms with E-state index in [1.165, 1.54) is 0 Å². The number of nitrogens with one attached hydrogen (secondary N) is 2. The van der Waals surface area contributed by atoms with E-state index in [0.29, 0.717) is 19.4 Å². The minimum atomic E-state index is -1.95. The molecule has 2 heterocycles. The minimum absolute atomic E-state index is 0.0732. The van der Waals surface area contributed by atoms with Gasteiger partial charge in [-0.3, -0.25) is 4.79 Å². The Labute approximate surface area is 283 Å². The van der Waals surface area contributed by atoms with Crippen LogP contribution in [-0.4, -0.2) is 177 Å². The Morgan fingerprint density at radius 1 is 0.959 bits per heavy atom. The Hall–Kier alpha value is -1.90. The van der Waals surface area contributed by atoms with E-state index in [0.717, 1.165) is 0 Å². The van der Waals surface area contributed by atoms with E-state index in [1.807, 2.05) is 0 Å². The number of aliphatic hydroxyl groups excluding tert-OH is 6. The summed E-state index contributed by atoms with van der Waals surface area (Å²) in [4.78, 5) is 17.0. The van der Waals surface area contributed by atoms with Crippen molar-refractivity contribution in [2.45, 2.75) is 135 Å². The van der Waals surface area contributed by atoms with Crippen molar-refractivity contribution >= 4 is 11.9 Å². The number of aliphatic hydroxyl groups is 7. The third kappa shape index (κ3) is 9.51. The molecule has 4 fully saturated rings. The van der Waals surface area contributed by atoms with E-state index in [9.17, 15) is 40.5 Å². The monoisotopic (exact) mass is 709 g/mol. The topological polar surface area (TPSA) is 388 Å². The van der Waals surface area contributed by atoms with Gasteiger partial charge in [-0.1, -0.05) is 0 Å². The number of ether oxygens (including phenoxy) is 4. The summed E-state index contributed by atoms with van der Waals surface area (Å²) in [6.45, 7) is 0.154. The lowest BCUT2D eigenvalue weighted by molar-refractivity contribution is -0.316. The molecule has 0 spiro atoms. The van der Waals surface area contributed by atoms with Crippen molar-refractivity contribution in [3.63, 3.8) is 0 Å². The van der Waals surface area contributed by atoms with Crippen molar-refractivity contribution in [1.29, 1.82) is 0 Å². The molecule has 0 aromatic carbocycles. The summed E-state index contributed by atoms with van der Waals surface area (Å²) >= 11 is 0. The summed E-state index contributed by atoms with van der Waals surface area (Å²) in [5.41, 5.74) is 33.0. The van der Waals surface area contributed by atoms with Crippen molar-refractivity contribution < 1.29 is 59.5 Å². The van der Waals surface area contributed by atoms with Crippen molar-refractivity contribution in [1.82, 2.24) is 10.6 Å². The minimum Gasteiger partial charge on any atom is -0.394 e. The van der Waals surface area contributed by atoms with Crippen molar-refractivity contribution in [3.8, 4) is 0 Å². The Morgan fingerprint density at radius 3 is 2.29 bits per heavy atom. The molecule has 21 heteroatoms. The molecular formula is C28H55N9O12. The molecule has 17 atom stereocenters. The third-order valence-electron chi connectivity index (χ3n) is 9.52. The van der Waals surface area contributed by atoms with Crippen LogP contribution in [0.4, 0.5) is 0 Å². The molecule has 3 unspecified atom stereocenters. The number of rotatable bonds is 15. The average Bonchev–Trinajstić information content (AvgIpc) is 3.70. The Balaban J connectivity index is 1.49. The molecule has 0 bridgehead atoms. The number of aliphatic imine (C=N–C) groups is 1. The average molecular weight is 710 g/mol. The fraction of sp³-hybridized carbons (Fsp3) is 0.929. The first kappa shape index (κ1) is 39.9. The smallest absolute Gasteiger partial charge is 0.254 e. The molecule has 49 heavy (non-hydrogen) atoms. The van der Waals surface area contributed by atoms with Crippen LogP contribution in [-0.2, 0) is 23.7 Å². The highest BCUT2D eigenvalue weighted by atomic mass is 16.7. The third-order valence-corrected chi connectivity index (χ3v) is 9.52. The van der Waals surface area contributed by atoms with Crippen LogP contribution in [0.2, 0.25) is 0 Å². The summed E-state index contributed by atoms with van der Waals surface area (Å²) in [6.07, 6.45) is -12.8. The van der Waals surface area contributed by atoms with Gasteiger partial charge in [0.2, 0.25) is 0 Å². The molecule has 2 saturated heterocycles. The van der Waals surface area contributed by atoms with Gasteiger partial charge in [0.15, 0.2) is 24.1 Å². The van der Waals surface area contributed by atoms with Crippen molar-refractivity contribution in [2.75, 3.05) is 26.2 Å². The van der Waals surface area contributed by atoms with E-state index in [-0.39, 0.29) is 38.3 Å². The van der Waals surface area contributed by atoms with Gasteiger partial charge in [0.25, 0.3) is 5.91 Å². The first-order chi connectivity index (χ1) is 23.1.